The van der Waals surface area contributed by atoms with Crippen LogP contribution >= 0.6 is 23.1 Å². The molecule has 3 heterocycles. The lowest BCUT2D eigenvalue weighted by atomic mass is 9.87. The Kier molecular flexibility index (Phi) is 21.4. The van der Waals surface area contributed by atoms with Gasteiger partial charge in [0.25, 0.3) is 6.20 Å². The zero-order chi connectivity index (χ0) is 46.3. The number of nitrogens with one attached hydrogen (secondary N) is 1. The number of thiazole rings is 1. The molecule has 338 valence electrons. The molecule has 1 aromatic rings. The van der Waals surface area contributed by atoms with E-state index in [4.69, 9.17) is 23.1 Å². The second-order valence-electron chi connectivity index (χ2n) is 19.2. The molecule has 0 radical (unpaired) electrons. The highest BCUT2D eigenvalue weighted by Gasteiger charge is 2.53. The molecule has 1 saturated heterocycles. The van der Waals surface area contributed by atoms with Crippen LogP contribution in [-0.2, 0) is 47.0 Å². The highest BCUT2D eigenvalue weighted by molar-refractivity contribution is 8.17. The number of esters is 4. The molecule has 0 unspecified atom stereocenters. The van der Waals surface area contributed by atoms with Crippen molar-refractivity contribution in [3.05, 3.63) is 40.3 Å². The molecule has 2 aliphatic heterocycles. The Morgan fingerprint density at radius 3 is 1.90 bits per heavy atom. The van der Waals surface area contributed by atoms with Crippen LogP contribution in [0.5, 0.6) is 0 Å². The Morgan fingerprint density at radius 2 is 1.43 bits per heavy atom. The summed E-state index contributed by atoms with van der Waals surface area (Å²) in [6.07, 6.45) is 7.90. The van der Waals surface area contributed by atoms with Crippen LogP contribution in [0.1, 0.15) is 94.1 Å². The number of methoxy groups -OCH3 is 2. The maximum Gasteiger partial charge on any atom is 0.337 e. The maximum atomic E-state index is 13.1. The number of aromatic nitrogens is 1. The lowest BCUT2D eigenvalue weighted by Gasteiger charge is -2.38. The molecule has 1 fully saturated rings. The van der Waals surface area contributed by atoms with Gasteiger partial charge in [0.2, 0.25) is 11.8 Å². The van der Waals surface area contributed by atoms with E-state index in [-0.39, 0.29) is 47.1 Å². The first kappa shape index (κ1) is 54.9. The summed E-state index contributed by atoms with van der Waals surface area (Å²) in [5.41, 5.74) is -1.09. The van der Waals surface area contributed by atoms with E-state index in [1.807, 2.05) is 46.9 Å². The van der Waals surface area contributed by atoms with Gasteiger partial charge in [0.1, 0.15) is 28.8 Å². The number of ether oxygens (including phenoxy) is 4. The summed E-state index contributed by atoms with van der Waals surface area (Å²) in [5, 5.41) is 9.69. The number of carbonyl (C=O) groups excluding carboxylic acids is 4. The fourth-order valence-corrected chi connectivity index (χ4v) is 7.98. The monoisotopic (exact) mass is 911 g/mol. The summed E-state index contributed by atoms with van der Waals surface area (Å²) >= 11 is 2.79. The minimum absolute atomic E-state index is 0.00984. The van der Waals surface area contributed by atoms with Gasteiger partial charge in [-0.1, -0.05) is 47.6 Å². The van der Waals surface area contributed by atoms with Gasteiger partial charge in [-0.25, -0.2) is 9.78 Å². The number of hydrogen-bond donors (Lipinski definition) is 1. The van der Waals surface area contributed by atoms with E-state index in [0.717, 1.165) is 10.1 Å². The van der Waals surface area contributed by atoms with Crippen LogP contribution in [0, 0.1) is 17.2 Å². The van der Waals surface area contributed by atoms with Crippen LogP contribution in [0.4, 0.5) is 0 Å². The molecule has 0 amide bonds. The lowest BCUT2D eigenvalue weighted by Crippen LogP contribution is -2.47. The van der Waals surface area contributed by atoms with Crippen LogP contribution < -0.4 is 5.32 Å². The SMILES string of the molecule is CC(C)(C)OC(=O)CN=CC1=NC=[C+]S1.COC(=O)/C=C/CO[Si](C)(C)C(C)(C)C.COC(=O)[C@H]1[C@H](CO[Si](C)(C)C(C)(C)C)[C@@H](C(=O)OC(C)(C)C)N[C@H]1c1nccs1. The topological polar surface area (TPSA) is 173 Å². The smallest absolute Gasteiger partial charge is 0.337 e. The predicted molar refractivity (Wildman–Crippen MR) is 246 cm³/mol. The van der Waals surface area contributed by atoms with E-state index in [1.54, 1.807) is 24.7 Å². The number of nitrogens with zero attached hydrogens (tertiary/aromatic N) is 3. The summed E-state index contributed by atoms with van der Waals surface area (Å²) in [7, 11) is -1.05. The van der Waals surface area contributed by atoms with E-state index in [1.165, 1.54) is 43.4 Å². The number of rotatable bonds is 13. The molecule has 2 aliphatic rings. The molecule has 4 atom stereocenters. The minimum atomic E-state index is -2.09. The third-order valence-corrected chi connectivity index (χ3v) is 20.5. The first-order valence-corrected chi connectivity index (χ1v) is 27.4. The van der Waals surface area contributed by atoms with E-state index in [9.17, 15) is 19.2 Å². The minimum Gasteiger partial charge on any atom is -0.469 e. The van der Waals surface area contributed by atoms with Crippen LogP contribution in [0.25, 0.3) is 0 Å². The third kappa shape index (κ3) is 19.3. The normalized spacial score (nSPS) is 19.7. The van der Waals surface area contributed by atoms with Gasteiger partial charge in [-0.3, -0.25) is 24.7 Å². The number of thioether (sulfide) groups is 1. The molecule has 1 aromatic heterocycles. The van der Waals surface area contributed by atoms with Gasteiger partial charge in [0.15, 0.2) is 21.7 Å². The molecule has 0 spiro atoms. The Bertz CT molecular complexity index is 1670. The Balaban J connectivity index is 0.000000503. The Hall–Kier alpha value is -3.10. The number of aliphatic imine (C=N–C) groups is 2. The molecule has 0 bridgehead atoms. The first-order chi connectivity index (χ1) is 27.4. The number of hydrogen-bond acceptors (Lipinski definition) is 16. The fourth-order valence-electron chi connectivity index (χ4n) is 4.78. The Morgan fingerprint density at radius 1 is 0.850 bits per heavy atom. The average Bonchev–Trinajstić information content (AvgIpc) is 3.89. The highest BCUT2D eigenvalue weighted by atomic mass is 32.2. The maximum absolute atomic E-state index is 13.1. The molecule has 18 heteroatoms. The zero-order valence-corrected chi connectivity index (χ0v) is 42.8. The molecule has 0 aliphatic carbocycles. The van der Waals surface area contributed by atoms with Crippen molar-refractivity contribution in [2.75, 3.05) is 34.0 Å². The van der Waals surface area contributed by atoms with Crippen molar-refractivity contribution in [3.63, 3.8) is 0 Å². The summed E-state index contributed by atoms with van der Waals surface area (Å²) in [5.74, 6) is -2.45. The molecule has 0 aromatic carbocycles. The Labute approximate surface area is 369 Å². The first-order valence-electron chi connectivity index (χ1n) is 19.9. The van der Waals surface area contributed by atoms with E-state index < -0.39 is 51.8 Å². The van der Waals surface area contributed by atoms with Crippen LogP contribution in [0.15, 0.2) is 39.9 Å². The molecule has 14 nitrogen and oxygen atoms in total. The van der Waals surface area contributed by atoms with E-state index in [0.29, 0.717) is 6.61 Å². The van der Waals surface area contributed by atoms with Crippen molar-refractivity contribution in [3.8, 4) is 0 Å². The summed E-state index contributed by atoms with van der Waals surface area (Å²) in [6, 6.07) is -1.12. The third-order valence-electron chi connectivity index (χ3n) is 9.95. The van der Waals surface area contributed by atoms with Gasteiger partial charge in [-0.05, 0) is 77.8 Å². The van der Waals surface area contributed by atoms with Crippen LogP contribution in [0.2, 0.25) is 36.3 Å². The zero-order valence-electron chi connectivity index (χ0n) is 39.1. The molecular weight excluding hydrogens is 841 g/mol. The van der Waals surface area contributed by atoms with Gasteiger partial charge in [-0.15, -0.1) is 11.3 Å². The molecule has 0 saturated carbocycles. The lowest BCUT2D eigenvalue weighted by molar-refractivity contribution is -0.159. The van der Waals surface area contributed by atoms with E-state index in [2.05, 4.69) is 98.2 Å². The standard InChI is InChI=1S/C21H36N2O5SSi.C11H22O3Si.C10H13N2O2S/c1-20(2,3)28-19(25)15-13(12-27-30(8,9)21(4,5)6)14(18(24)26-7)16(23-15)17-22-10-11-29-17;1-11(2,3)15(5,6)14-9-7-8-10(12)13-4;1-10(2,3)14-9(13)7-11-6-8-12-4-5-15-8/h10-11,13-16,23H,12H2,1-9H3;7-8H,9H2,1-6H3;4,6H,7H2,1-3H3/q;;+1/b;8-7+;/t13-,14-,15-,16+;;/m0../s1. The quantitative estimate of drug-likeness (QED) is 0.0499. The fraction of sp³-hybridized carbons (Fsp3) is 0.690. The van der Waals surface area contributed by atoms with E-state index >= 15 is 0 Å². The van der Waals surface area contributed by atoms with Crippen molar-refractivity contribution in [1.82, 2.24) is 10.3 Å². The average molecular weight is 912 g/mol. The van der Waals surface area contributed by atoms with Gasteiger partial charge in [0.05, 0.1) is 39.0 Å². The predicted octanol–water partition coefficient (Wildman–Crippen LogP) is 8.48. The van der Waals surface area contributed by atoms with Gasteiger partial charge >= 0.3 is 29.3 Å². The van der Waals surface area contributed by atoms with Crippen LogP contribution in [-0.4, -0.2) is 108 Å². The van der Waals surface area contributed by atoms with Crippen molar-refractivity contribution < 1.29 is 47.0 Å². The van der Waals surface area contributed by atoms with Crippen LogP contribution in [0.3, 0.4) is 0 Å². The second kappa shape index (κ2) is 23.4. The summed E-state index contributed by atoms with van der Waals surface area (Å²) < 4.78 is 32.6. The molecule has 1 N–H and O–H groups in total. The van der Waals surface area contributed by atoms with Crippen molar-refractivity contribution in [2.24, 2.45) is 21.8 Å². The van der Waals surface area contributed by atoms with Gasteiger partial charge < -0.3 is 27.8 Å². The molecule has 60 heavy (non-hydrogen) atoms. The molecule has 3 rings (SSSR count). The van der Waals surface area contributed by atoms with Gasteiger partial charge in [0, 0.05) is 30.2 Å². The summed E-state index contributed by atoms with van der Waals surface area (Å²) in [6.45, 7) is 33.4. The second-order valence-corrected chi connectivity index (χ2v) is 30.6. The summed E-state index contributed by atoms with van der Waals surface area (Å²) in [4.78, 5) is 60.2. The number of carbonyl (C=O) groups is 4. The van der Waals surface area contributed by atoms with Crippen molar-refractivity contribution in [1.29, 1.82) is 0 Å². The largest absolute Gasteiger partial charge is 0.469 e. The van der Waals surface area contributed by atoms with Crippen molar-refractivity contribution >= 4 is 74.9 Å². The molecular formula is C42H71N4O10S2Si2+. The van der Waals surface area contributed by atoms with Crippen molar-refractivity contribution in [2.45, 2.75) is 143 Å². The van der Waals surface area contributed by atoms with Gasteiger partial charge in [-0.2, -0.15) is 4.99 Å². The highest BCUT2D eigenvalue weighted by Crippen LogP contribution is 2.43.